The number of aliphatic hydroxyl groups is 1. The number of aliphatic hydroxyl groups excluding tert-OH is 1. The van der Waals surface area contributed by atoms with Crippen LogP contribution in [-0.4, -0.2) is 37.9 Å². The molecule has 0 spiro atoms. The first-order chi connectivity index (χ1) is 8.72. The molecule has 0 aromatic heterocycles. The SMILES string of the molecule is COc1ccc2c(c1)OCC(CNC(=O)CO)C2. The second kappa shape index (κ2) is 5.73. The summed E-state index contributed by atoms with van der Waals surface area (Å²) in [6, 6.07) is 5.75. The lowest BCUT2D eigenvalue weighted by atomic mass is 9.96. The zero-order valence-electron chi connectivity index (χ0n) is 10.3. The Bertz CT molecular complexity index is 433. The zero-order valence-corrected chi connectivity index (χ0v) is 10.3. The van der Waals surface area contributed by atoms with Gasteiger partial charge in [-0.25, -0.2) is 0 Å². The van der Waals surface area contributed by atoms with Crippen molar-refractivity contribution < 1.29 is 19.4 Å². The zero-order chi connectivity index (χ0) is 13.0. The molecule has 1 amide bonds. The summed E-state index contributed by atoms with van der Waals surface area (Å²) in [5, 5.41) is 11.3. The molecule has 1 aliphatic rings. The monoisotopic (exact) mass is 251 g/mol. The van der Waals surface area contributed by atoms with Gasteiger partial charge in [-0.15, -0.1) is 0 Å². The number of carbonyl (C=O) groups excluding carboxylic acids is 1. The number of benzene rings is 1. The van der Waals surface area contributed by atoms with Gasteiger partial charge in [0.1, 0.15) is 18.1 Å². The smallest absolute Gasteiger partial charge is 0.245 e. The number of hydrogen-bond donors (Lipinski definition) is 2. The number of hydrogen-bond acceptors (Lipinski definition) is 4. The van der Waals surface area contributed by atoms with E-state index in [4.69, 9.17) is 14.6 Å². The van der Waals surface area contributed by atoms with Crippen LogP contribution in [0.15, 0.2) is 18.2 Å². The minimum Gasteiger partial charge on any atom is -0.497 e. The van der Waals surface area contributed by atoms with Crippen LogP contribution in [0.1, 0.15) is 5.56 Å². The second-order valence-corrected chi connectivity index (χ2v) is 4.32. The predicted octanol–water partition coefficient (Wildman–Crippen LogP) is 0.355. The Balaban J connectivity index is 1.95. The first-order valence-electron chi connectivity index (χ1n) is 5.90. The molecule has 1 aromatic carbocycles. The minimum atomic E-state index is -0.471. The van der Waals surface area contributed by atoms with E-state index in [0.717, 1.165) is 23.5 Å². The van der Waals surface area contributed by atoms with Crippen molar-refractivity contribution in [3.8, 4) is 11.5 Å². The maximum absolute atomic E-state index is 11.0. The van der Waals surface area contributed by atoms with Crippen LogP contribution in [0.25, 0.3) is 0 Å². The van der Waals surface area contributed by atoms with Crippen molar-refractivity contribution in [2.24, 2.45) is 5.92 Å². The highest BCUT2D eigenvalue weighted by atomic mass is 16.5. The Morgan fingerprint density at radius 2 is 2.44 bits per heavy atom. The average molecular weight is 251 g/mol. The molecule has 0 radical (unpaired) electrons. The van der Waals surface area contributed by atoms with Crippen molar-refractivity contribution in [3.63, 3.8) is 0 Å². The molecular weight excluding hydrogens is 234 g/mol. The van der Waals surface area contributed by atoms with Crippen LogP contribution in [0.5, 0.6) is 11.5 Å². The standard InChI is InChI=1S/C13H17NO4/c1-17-11-3-2-10-4-9(6-14-13(16)7-15)8-18-12(10)5-11/h2-3,5,9,15H,4,6-8H2,1H3,(H,14,16). The lowest BCUT2D eigenvalue weighted by molar-refractivity contribution is -0.124. The van der Waals surface area contributed by atoms with Crippen molar-refractivity contribution in [2.45, 2.75) is 6.42 Å². The lowest BCUT2D eigenvalue weighted by Gasteiger charge is -2.25. The number of amides is 1. The van der Waals surface area contributed by atoms with Crippen molar-refractivity contribution in [1.29, 1.82) is 0 Å². The molecule has 98 valence electrons. The molecule has 5 heteroatoms. The molecule has 0 bridgehead atoms. The fraction of sp³-hybridized carbons (Fsp3) is 0.462. The Labute approximate surface area is 106 Å². The van der Waals surface area contributed by atoms with Crippen LogP contribution < -0.4 is 14.8 Å². The van der Waals surface area contributed by atoms with Crippen molar-refractivity contribution in [2.75, 3.05) is 26.9 Å². The molecule has 1 heterocycles. The van der Waals surface area contributed by atoms with Gasteiger partial charge in [-0.1, -0.05) is 6.07 Å². The van der Waals surface area contributed by atoms with Crippen molar-refractivity contribution in [1.82, 2.24) is 5.32 Å². The summed E-state index contributed by atoms with van der Waals surface area (Å²) >= 11 is 0. The highest BCUT2D eigenvalue weighted by Gasteiger charge is 2.20. The van der Waals surface area contributed by atoms with E-state index in [-0.39, 0.29) is 11.8 Å². The van der Waals surface area contributed by atoms with Crippen molar-refractivity contribution in [3.05, 3.63) is 23.8 Å². The highest BCUT2D eigenvalue weighted by molar-refractivity contribution is 5.76. The van der Waals surface area contributed by atoms with Gasteiger partial charge in [-0.2, -0.15) is 0 Å². The number of methoxy groups -OCH3 is 1. The van der Waals surface area contributed by atoms with E-state index in [1.165, 1.54) is 0 Å². The Kier molecular flexibility index (Phi) is 4.04. The van der Waals surface area contributed by atoms with E-state index < -0.39 is 6.61 Å². The van der Waals surface area contributed by atoms with Gasteiger partial charge in [0.15, 0.2) is 0 Å². The maximum atomic E-state index is 11.0. The maximum Gasteiger partial charge on any atom is 0.245 e. The number of ether oxygens (including phenoxy) is 2. The molecule has 1 unspecified atom stereocenters. The number of rotatable bonds is 4. The number of nitrogens with one attached hydrogen (secondary N) is 1. The first-order valence-corrected chi connectivity index (χ1v) is 5.90. The van der Waals surface area contributed by atoms with Gasteiger partial charge in [0.05, 0.1) is 13.7 Å². The Morgan fingerprint density at radius 3 is 3.17 bits per heavy atom. The molecule has 5 nitrogen and oxygen atoms in total. The van der Waals surface area contributed by atoms with Gasteiger partial charge in [0.25, 0.3) is 0 Å². The van der Waals surface area contributed by atoms with Crippen LogP contribution in [0.2, 0.25) is 0 Å². The molecule has 0 aliphatic carbocycles. The molecule has 1 aliphatic heterocycles. The van der Waals surface area contributed by atoms with Crippen LogP contribution in [0.3, 0.4) is 0 Å². The van der Waals surface area contributed by atoms with Gasteiger partial charge in [-0.05, 0) is 18.1 Å². The summed E-state index contributed by atoms with van der Waals surface area (Å²) in [5.41, 5.74) is 1.12. The predicted molar refractivity (Wildman–Crippen MR) is 65.8 cm³/mol. The summed E-state index contributed by atoms with van der Waals surface area (Å²) in [5.74, 6) is 1.51. The van der Waals surface area contributed by atoms with Gasteiger partial charge in [0.2, 0.25) is 5.91 Å². The molecule has 0 saturated heterocycles. The molecule has 0 saturated carbocycles. The first kappa shape index (κ1) is 12.7. The topological polar surface area (TPSA) is 67.8 Å². The summed E-state index contributed by atoms with van der Waals surface area (Å²) in [7, 11) is 1.62. The number of carbonyl (C=O) groups is 1. The Morgan fingerprint density at radius 1 is 1.61 bits per heavy atom. The molecule has 2 rings (SSSR count). The molecule has 18 heavy (non-hydrogen) atoms. The normalized spacial score (nSPS) is 17.6. The number of fused-ring (bicyclic) bond motifs is 1. The summed E-state index contributed by atoms with van der Waals surface area (Å²) in [6.45, 7) is 0.609. The summed E-state index contributed by atoms with van der Waals surface area (Å²) in [6.07, 6.45) is 0.852. The van der Waals surface area contributed by atoms with E-state index in [9.17, 15) is 4.79 Å². The largest absolute Gasteiger partial charge is 0.497 e. The van der Waals surface area contributed by atoms with Gasteiger partial charge in [-0.3, -0.25) is 4.79 Å². The fourth-order valence-corrected chi connectivity index (χ4v) is 1.99. The lowest BCUT2D eigenvalue weighted by Crippen LogP contribution is -2.36. The molecule has 1 atom stereocenters. The molecular formula is C13H17NO4. The van der Waals surface area contributed by atoms with E-state index in [0.29, 0.717) is 13.2 Å². The van der Waals surface area contributed by atoms with Crippen molar-refractivity contribution >= 4 is 5.91 Å². The quantitative estimate of drug-likeness (QED) is 0.810. The minimum absolute atomic E-state index is 0.237. The van der Waals surface area contributed by atoms with E-state index in [1.54, 1.807) is 7.11 Å². The fourth-order valence-electron chi connectivity index (χ4n) is 1.99. The van der Waals surface area contributed by atoms with E-state index in [2.05, 4.69) is 5.32 Å². The molecule has 0 fully saturated rings. The van der Waals surface area contributed by atoms with Gasteiger partial charge < -0.3 is 19.9 Å². The van der Waals surface area contributed by atoms with Crippen LogP contribution in [0, 0.1) is 5.92 Å². The van der Waals surface area contributed by atoms with E-state index in [1.807, 2.05) is 18.2 Å². The van der Waals surface area contributed by atoms with E-state index >= 15 is 0 Å². The molecule has 2 N–H and O–H groups in total. The third-order valence-electron chi connectivity index (χ3n) is 2.99. The molecule has 1 aromatic rings. The van der Waals surface area contributed by atoms with Crippen LogP contribution in [0.4, 0.5) is 0 Å². The van der Waals surface area contributed by atoms with Gasteiger partial charge in [0, 0.05) is 18.5 Å². The third-order valence-corrected chi connectivity index (χ3v) is 2.99. The third kappa shape index (κ3) is 2.92. The average Bonchev–Trinajstić information content (AvgIpc) is 2.43. The van der Waals surface area contributed by atoms with Crippen LogP contribution >= 0.6 is 0 Å². The summed E-state index contributed by atoms with van der Waals surface area (Å²) < 4.78 is 10.8. The Hall–Kier alpha value is -1.75. The van der Waals surface area contributed by atoms with Gasteiger partial charge >= 0.3 is 0 Å². The second-order valence-electron chi connectivity index (χ2n) is 4.32. The summed E-state index contributed by atoms with van der Waals surface area (Å²) in [4.78, 5) is 11.0. The highest BCUT2D eigenvalue weighted by Crippen LogP contribution is 2.30. The van der Waals surface area contributed by atoms with Crippen LogP contribution in [-0.2, 0) is 11.2 Å².